The topological polar surface area (TPSA) is 62.1 Å². The fourth-order valence-electron chi connectivity index (χ4n) is 5.81. The molecule has 4 atom stereocenters. The number of aliphatic imine (C=N–C) groups is 1. The maximum Gasteiger partial charge on any atom is 0.310 e. The number of phenolic OH excluding ortho intramolecular Hbond substituents is 1. The maximum absolute atomic E-state index is 13.0. The Hall–Kier alpha value is -2.14. The molecule has 5 rings (SSSR count). The van der Waals surface area contributed by atoms with Crippen LogP contribution in [-0.2, 0) is 14.9 Å². The minimum atomic E-state index is -0.380. The van der Waals surface area contributed by atoms with E-state index in [0.29, 0.717) is 0 Å². The number of piperidine rings is 2. The number of ether oxygens (including phenoxy) is 1. The van der Waals surface area contributed by atoms with Crippen LogP contribution >= 0.6 is 0 Å². The SMILES string of the molecule is C/C=C1/CN2CC[C@]34C(=Nc5cc(O)ccc53)[C@@H]2C[C@@H]1C4C(=O)OC. The summed E-state index contributed by atoms with van der Waals surface area (Å²) in [6, 6.07) is 5.70. The number of esters is 1. The van der Waals surface area contributed by atoms with Gasteiger partial charge in [-0.05, 0) is 37.3 Å². The number of nitrogens with zero attached hydrogens (tertiary/aromatic N) is 2. The second-order valence-electron chi connectivity index (χ2n) is 7.61. The number of phenols is 1. The summed E-state index contributed by atoms with van der Waals surface area (Å²) in [6.45, 7) is 3.94. The van der Waals surface area contributed by atoms with Gasteiger partial charge in [0.05, 0.1) is 24.1 Å². The van der Waals surface area contributed by atoms with Crippen LogP contribution in [-0.4, -0.2) is 47.9 Å². The molecule has 3 fully saturated rings. The first kappa shape index (κ1) is 15.1. The number of allylic oxidation sites excluding steroid dienone is 1. The van der Waals surface area contributed by atoms with E-state index in [4.69, 9.17) is 9.73 Å². The molecule has 5 heteroatoms. The summed E-state index contributed by atoms with van der Waals surface area (Å²) in [7, 11) is 1.49. The van der Waals surface area contributed by atoms with E-state index in [0.717, 1.165) is 42.9 Å². The highest BCUT2D eigenvalue weighted by molar-refractivity contribution is 6.09. The molecule has 130 valence electrons. The van der Waals surface area contributed by atoms with E-state index in [1.165, 1.54) is 12.7 Å². The highest BCUT2D eigenvalue weighted by Crippen LogP contribution is 2.60. The number of hydrogen-bond donors (Lipinski definition) is 1. The molecule has 3 bridgehead atoms. The van der Waals surface area contributed by atoms with Crippen molar-refractivity contribution in [3.8, 4) is 5.75 Å². The molecule has 1 aromatic carbocycles. The van der Waals surface area contributed by atoms with Gasteiger partial charge in [0.15, 0.2) is 0 Å². The van der Waals surface area contributed by atoms with Crippen molar-refractivity contribution < 1.29 is 14.6 Å². The van der Waals surface area contributed by atoms with E-state index < -0.39 is 0 Å². The number of fused-ring (bicyclic) bond motifs is 2. The Kier molecular flexibility index (Phi) is 2.99. The molecule has 3 aliphatic heterocycles. The summed E-state index contributed by atoms with van der Waals surface area (Å²) < 4.78 is 5.28. The Bertz CT molecular complexity index is 843. The smallest absolute Gasteiger partial charge is 0.310 e. The molecule has 0 radical (unpaired) electrons. The zero-order chi connectivity index (χ0) is 17.3. The minimum absolute atomic E-state index is 0.133. The Morgan fingerprint density at radius 3 is 3.08 bits per heavy atom. The lowest BCUT2D eigenvalue weighted by molar-refractivity contribution is -0.151. The van der Waals surface area contributed by atoms with E-state index >= 15 is 0 Å². The van der Waals surface area contributed by atoms with Crippen LogP contribution in [0.5, 0.6) is 5.75 Å². The molecule has 1 N–H and O–H groups in total. The van der Waals surface area contributed by atoms with Gasteiger partial charge in [0, 0.05) is 30.9 Å². The third-order valence-electron chi connectivity index (χ3n) is 6.81. The van der Waals surface area contributed by atoms with Crippen LogP contribution in [0, 0.1) is 11.8 Å². The standard InChI is InChI=1S/C20H22N2O3/c1-3-11-10-22-7-6-20-14-5-4-12(23)8-15(14)21-18(20)16(22)9-13(11)17(20)19(24)25-2/h3-5,8,13,16-17,23H,6-7,9-10H2,1-2H3/b11-3-/t13-,16-,17?,20-/m0/s1. The van der Waals surface area contributed by atoms with Crippen molar-refractivity contribution in [1.82, 2.24) is 4.90 Å². The van der Waals surface area contributed by atoms with E-state index in [9.17, 15) is 9.90 Å². The molecule has 25 heavy (non-hydrogen) atoms. The van der Waals surface area contributed by atoms with Gasteiger partial charge in [-0.1, -0.05) is 17.7 Å². The minimum Gasteiger partial charge on any atom is -0.508 e. The highest BCUT2D eigenvalue weighted by atomic mass is 16.5. The van der Waals surface area contributed by atoms with Crippen molar-refractivity contribution >= 4 is 17.4 Å². The van der Waals surface area contributed by atoms with Gasteiger partial charge in [-0.15, -0.1) is 0 Å². The van der Waals surface area contributed by atoms with Gasteiger partial charge in [-0.25, -0.2) is 0 Å². The number of carbonyl (C=O) groups is 1. The average molecular weight is 338 g/mol. The van der Waals surface area contributed by atoms with E-state index in [1.807, 2.05) is 6.07 Å². The molecule has 3 heterocycles. The Labute approximate surface area is 147 Å². The van der Waals surface area contributed by atoms with Gasteiger partial charge in [0.25, 0.3) is 0 Å². The molecular weight excluding hydrogens is 316 g/mol. The van der Waals surface area contributed by atoms with Gasteiger partial charge in [0.1, 0.15) is 5.75 Å². The quantitative estimate of drug-likeness (QED) is 0.631. The predicted molar refractivity (Wildman–Crippen MR) is 94.2 cm³/mol. The Balaban J connectivity index is 1.78. The van der Waals surface area contributed by atoms with Crippen LogP contribution in [0.25, 0.3) is 0 Å². The summed E-state index contributed by atoms with van der Waals surface area (Å²) in [5.41, 5.74) is 3.98. The number of rotatable bonds is 1. The molecule has 5 nitrogen and oxygen atoms in total. The summed E-state index contributed by atoms with van der Waals surface area (Å²) in [6.07, 6.45) is 3.99. The first-order chi connectivity index (χ1) is 12.1. The van der Waals surface area contributed by atoms with Crippen LogP contribution in [0.1, 0.15) is 25.3 Å². The van der Waals surface area contributed by atoms with Crippen molar-refractivity contribution in [2.24, 2.45) is 16.8 Å². The normalized spacial score (nSPS) is 36.8. The van der Waals surface area contributed by atoms with Gasteiger partial charge in [-0.3, -0.25) is 14.7 Å². The summed E-state index contributed by atoms with van der Waals surface area (Å²) in [5.74, 6) is 0.0659. The average Bonchev–Trinajstić information content (AvgIpc) is 2.95. The molecule has 0 amide bonds. The fourth-order valence-corrected chi connectivity index (χ4v) is 5.81. The maximum atomic E-state index is 13.0. The summed E-state index contributed by atoms with van der Waals surface area (Å²) >= 11 is 0. The van der Waals surface area contributed by atoms with Crippen molar-refractivity contribution in [2.75, 3.05) is 20.2 Å². The third-order valence-corrected chi connectivity index (χ3v) is 6.81. The lowest BCUT2D eigenvalue weighted by atomic mass is 9.51. The third kappa shape index (κ3) is 1.72. The number of methoxy groups -OCH3 is 1. The molecule has 1 aliphatic carbocycles. The first-order valence-corrected chi connectivity index (χ1v) is 8.99. The number of carbonyl (C=O) groups excluding carboxylic acids is 1. The molecule has 1 unspecified atom stereocenters. The molecule has 2 saturated heterocycles. The predicted octanol–water partition coefficient (Wildman–Crippen LogP) is 2.56. The molecule has 0 spiro atoms. The molecule has 1 saturated carbocycles. The number of benzene rings is 1. The van der Waals surface area contributed by atoms with Gasteiger partial charge in [-0.2, -0.15) is 0 Å². The van der Waals surface area contributed by atoms with Crippen molar-refractivity contribution in [3.63, 3.8) is 0 Å². The highest BCUT2D eigenvalue weighted by Gasteiger charge is 2.65. The monoisotopic (exact) mass is 338 g/mol. The van der Waals surface area contributed by atoms with E-state index in [-0.39, 0.29) is 35.0 Å². The van der Waals surface area contributed by atoms with E-state index in [2.05, 4.69) is 17.9 Å². The molecule has 1 aromatic rings. The van der Waals surface area contributed by atoms with Crippen LogP contribution in [0.2, 0.25) is 0 Å². The van der Waals surface area contributed by atoms with Crippen LogP contribution in [0.3, 0.4) is 0 Å². The van der Waals surface area contributed by atoms with Crippen molar-refractivity contribution in [1.29, 1.82) is 0 Å². The van der Waals surface area contributed by atoms with Crippen LogP contribution in [0.4, 0.5) is 5.69 Å². The van der Waals surface area contributed by atoms with Crippen LogP contribution < -0.4 is 0 Å². The second-order valence-corrected chi connectivity index (χ2v) is 7.61. The summed E-state index contributed by atoms with van der Waals surface area (Å²) in [5, 5.41) is 9.91. The van der Waals surface area contributed by atoms with Gasteiger partial charge in [0.2, 0.25) is 0 Å². The Morgan fingerprint density at radius 1 is 1.48 bits per heavy atom. The number of hydrogen-bond acceptors (Lipinski definition) is 5. The first-order valence-electron chi connectivity index (χ1n) is 8.99. The van der Waals surface area contributed by atoms with Gasteiger partial charge >= 0.3 is 5.97 Å². The Morgan fingerprint density at radius 2 is 2.32 bits per heavy atom. The van der Waals surface area contributed by atoms with Crippen molar-refractivity contribution in [3.05, 3.63) is 35.4 Å². The lowest BCUT2D eigenvalue weighted by Crippen LogP contribution is -2.68. The largest absolute Gasteiger partial charge is 0.508 e. The molecule has 4 aliphatic rings. The lowest BCUT2D eigenvalue weighted by Gasteiger charge is -2.59. The second kappa shape index (κ2) is 4.94. The zero-order valence-electron chi connectivity index (χ0n) is 14.5. The van der Waals surface area contributed by atoms with Crippen molar-refractivity contribution in [2.45, 2.75) is 31.2 Å². The van der Waals surface area contributed by atoms with Gasteiger partial charge < -0.3 is 9.84 Å². The fraction of sp³-hybridized carbons (Fsp3) is 0.500. The molecular formula is C20H22N2O3. The summed E-state index contributed by atoms with van der Waals surface area (Å²) in [4.78, 5) is 20.4. The van der Waals surface area contributed by atoms with Crippen LogP contribution in [0.15, 0.2) is 34.8 Å². The molecule has 0 aromatic heterocycles. The van der Waals surface area contributed by atoms with E-state index in [1.54, 1.807) is 12.1 Å². The number of aromatic hydroxyl groups is 1. The zero-order valence-corrected chi connectivity index (χ0v) is 14.5.